The predicted octanol–water partition coefficient (Wildman–Crippen LogP) is 5.15. The molecule has 0 aliphatic carbocycles. The molecule has 0 spiro atoms. The molecule has 0 saturated carbocycles. The first-order chi connectivity index (χ1) is 15.1. The van der Waals surface area contributed by atoms with E-state index in [0.29, 0.717) is 22.4 Å². The van der Waals surface area contributed by atoms with Gasteiger partial charge in [-0.1, -0.05) is 90.6 Å². The lowest BCUT2D eigenvalue weighted by Gasteiger charge is -2.17. The fourth-order valence-corrected chi connectivity index (χ4v) is 5.94. The molecule has 0 aliphatic rings. The second kappa shape index (κ2) is 9.49. The van der Waals surface area contributed by atoms with Crippen LogP contribution in [0.2, 0.25) is 0 Å². The molecule has 0 N–H and O–H groups in total. The minimum atomic E-state index is -3.50. The molecule has 0 unspecified atom stereocenters. The number of sulfone groups is 1. The zero-order valence-corrected chi connectivity index (χ0v) is 18.8. The van der Waals surface area contributed by atoms with Gasteiger partial charge in [0.1, 0.15) is 11.6 Å². The summed E-state index contributed by atoms with van der Waals surface area (Å²) in [6.07, 6.45) is 0. The molecule has 31 heavy (non-hydrogen) atoms. The third-order valence-corrected chi connectivity index (χ3v) is 7.88. The van der Waals surface area contributed by atoms with Crippen LogP contribution in [0.15, 0.2) is 101 Å². The van der Waals surface area contributed by atoms with Gasteiger partial charge in [0.25, 0.3) is 0 Å². The Morgan fingerprint density at radius 1 is 0.806 bits per heavy atom. The molecule has 7 heteroatoms. The summed E-state index contributed by atoms with van der Waals surface area (Å²) in [6, 6.07) is 28.9. The van der Waals surface area contributed by atoms with E-state index in [1.807, 2.05) is 47.9 Å². The molecule has 0 aliphatic heterocycles. The predicted molar refractivity (Wildman–Crippen MR) is 124 cm³/mol. The monoisotopic (exact) mass is 449 g/mol. The van der Waals surface area contributed by atoms with Crippen molar-refractivity contribution in [3.8, 4) is 0 Å². The third-order valence-electron chi connectivity index (χ3n) is 4.96. The number of hydrogen-bond donors (Lipinski definition) is 0. The maximum Gasteiger partial charge on any atom is 0.192 e. The average Bonchev–Trinajstić information content (AvgIpc) is 3.19. The summed E-state index contributed by atoms with van der Waals surface area (Å²) < 4.78 is 27.6. The van der Waals surface area contributed by atoms with Gasteiger partial charge in [0.05, 0.1) is 10.1 Å². The highest BCUT2D eigenvalue weighted by Crippen LogP contribution is 2.40. The molecule has 3 aromatic carbocycles. The first kappa shape index (κ1) is 21.3. The van der Waals surface area contributed by atoms with Crippen LogP contribution < -0.4 is 0 Å². The largest absolute Gasteiger partial charge is 0.305 e. The van der Waals surface area contributed by atoms with Gasteiger partial charge in [0.15, 0.2) is 15.0 Å². The fraction of sp³-hybridized carbons (Fsp3) is 0.167. The van der Waals surface area contributed by atoms with Gasteiger partial charge in [-0.2, -0.15) is 0 Å². The van der Waals surface area contributed by atoms with E-state index in [1.165, 1.54) is 0 Å². The van der Waals surface area contributed by atoms with E-state index in [-0.39, 0.29) is 11.0 Å². The van der Waals surface area contributed by atoms with Crippen LogP contribution >= 0.6 is 11.8 Å². The first-order valence-electron chi connectivity index (χ1n) is 10.0. The van der Waals surface area contributed by atoms with Crippen molar-refractivity contribution in [1.29, 1.82) is 0 Å². The van der Waals surface area contributed by atoms with Gasteiger partial charge in [-0.15, -0.1) is 10.2 Å². The number of aromatic nitrogens is 3. The zero-order valence-electron chi connectivity index (χ0n) is 17.1. The van der Waals surface area contributed by atoms with Gasteiger partial charge in [-0.25, -0.2) is 8.42 Å². The van der Waals surface area contributed by atoms with Crippen molar-refractivity contribution in [2.24, 2.45) is 0 Å². The molecule has 158 valence electrons. The average molecular weight is 450 g/mol. The molecule has 1 aromatic heterocycles. The number of rotatable bonds is 8. The number of thioether (sulfide) groups is 1. The molecule has 0 amide bonds. The van der Waals surface area contributed by atoms with Gasteiger partial charge in [0.2, 0.25) is 0 Å². The van der Waals surface area contributed by atoms with Gasteiger partial charge in [0, 0.05) is 6.54 Å². The van der Waals surface area contributed by atoms with Crippen LogP contribution in [0.1, 0.15) is 29.1 Å². The lowest BCUT2D eigenvalue weighted by atomic mass is 10.0. The summed E-state index contributed by atoms with van der Waals surface area (Å²) in [7, 11) is -3.50. The Bertz CT molecular complexity index is 1190. The topological polar surface area (TPSA) is 64.8 Å². The third kappa shape index (κ3) is 4.89. The molecular weight excluding hydrogens is 426 g/mol. The van der Waals surface area contributed by atoms with Crippen LogP contribution in [0, 0.1) is 0 Å². The lowest BCUT2D eigenvalue weighted by molar-refractivity contribution is 0.588. The summed E-state index contributed by atoms with van der Waals surface area (Å²) in [5.41, 5.74) is 2.31. The van der Waals surface area contributed by atoms with E-state index >= 15 is 0 Å². The van der Waals surface area contributed by atoms with E-state index in [2.05, 4.69) is 34.5 Å². The van der Waals surface area contributed by atoms with E-state index in [9.17, 15) is 8.42 Å². The molecule has 4 aromatic rings. The smallest absolute Gasteiger partial charge is 0.192 e. The van der Waals surface area contributed by atoms with Crippen molar-refractivity contribution >= 4 is 21.6 Å². The Morgan fingerprint density at radius 2 is 1.32 bits per heavy atom. The van der Waals surface area contributed by atoms with Gasteiger partial charge in [-0.3, -0.25) is 0 Å². The normalized spacial score (nSPS) is 11.7. The maximum absolute atomic E-state index is 12.9. The lowest BCUT2D eigenvalue weighted by Crippen LogP contribution is -2.11. The SMILES string of the molecule is CCn1c(CS(=O)(=O)c2ccccc2)nnc1SC(c1ccccc1)c1ccccc1. The van der Waals surface area contributed by atoms with Crippen molar-refractivity contribution in [3.05, 3.63) is 108 Å². The summed E-state index contributed by atoms with van der Waals surface area (Å²) in [6.45, 7) is 2.57. The van der Waals surface area contributed by atoms with E-state index < -0.39 is 9.84 Å². The Kier molecular flexibility index (Phi) is 6.53. The van der Waals surface area contributed by atoms with Crippen LogP contribution in [-0.4, -0.2) is 23.2 Å². The Morgan fingerprint density at radius 3 is 1.84 bits per heavy atom. The minimum Gasteiger partial charge on any atom is -0.305 e. The van der Waals surface area contributed by atoms with E-state index in [4.69, 9.17) is 0 Å². The number of hydrogen-bond acceptors (Lipinski definition) is 5. The molecule has 0 saturated heterocycles. The van der Waals surface area contributed by atoms with Crippen LogP contribution in [0.4, 0.5) is 0 Å². The van der Waals surface area contributed by atoms with Gasteiger partial charge in [-0.05, 0) is 30.2 Å². The van der Waals surface area contributed by atoms with Crippen molar-refractivity contribution in [3.63, 3.8) is 0 Å². The highest BCUT2D eigenvalue weighted by Gasteiger charge is 2.24. The van der Waals surface area contributed by atoms with Crippen LogP contribution in [-0.2, 0) is 22.1 Å². The molecule has 5 nitrogen and oxygen atoms in total. The molecule has 0 atom stereocenters. The quantitative estimate of drug-likeness (QED) is 0.348. The Hall–Kier alpha value is -2.90. The van der Waals surface area contributed by atoms with Gasteiger partial charge < -0.3 is 4.57 Å². The molecule has 0 radical (unpaired) electrons. The number of nitrogens with zero attached hydrogens (tertiary/aromatic N) is 3. The van der Waals surface area contributed by atoms with E-state index in [0.717, 1.165) is 11.1 Å². The first-order valence-corrected chi connectivity index (χ1v) is 12.6. The summed E-state index contributed by atoms with van der Waals surface area (Å²) in [5.74, 6) is 0.272. The highest BCUT2D eigenvalue weighted by atomic mass is 32.2. The van der Waals surface area contributed by atoms with E-state index in [1.54, 1.807) is 42.1 Å². The molecule has 4 rings (SSSR count). The molecule has 0 bridgehead atoms. The Labute approximate surface area is 187 Å². The van der Waals surface area contributed by atoms with Crippen LogP contribution in [0.25, 0.3) is 0 Å². The molecule has 1 heterocycles. The summed E-state index contributed by atoms with van der Waals surface area (Å²) >= 11 is 1.58. The maximum atomic E-state index is 12.9. The van der Waals surface area contributed by atoms with Crippen LogP contribution in [0.5, 0.6) is 0 Å². The highest BCUT2D eigenvalue weighted by molar-refractivity contribution is 7.99. The second-order valence-corrected chi connectivity index (χ2v) is 10.1. The molecule has 0 fully saturated rings. The minimum absolute atomic E-state index is 0.0236. The Balaban J connectivity index is 1.66. The zero-order chi connectivity index (χ0) is 21.7. The fourth-order valence-electron chi connectivity index (χ4n) is 3.40. The van der Waals surface area contributed by atoms with Gasteiger partial charge >= 0.3 is 0 Å². The summed E-state index contributed by atoms with van der Waals surface area (Å²) in [5, 5.41) is 9.35. The summed E-state index contributed by atoms with van der Waals surface area (Å²) in [4.78, 5) is 0.293. The van der Waals surface area contributed by atoms with Crippen molar-refractivity contribution < 1.29 is 8.42 Å². The van der Waals surface area contributed by atoms with Crippen molar-refractivity contribution in [2.75, 3.05) is 0 Å². The van der Waals surface area contributed by atoms with Crippen molar-refractivity contribution in [1.82, 2.24) is 14.8 Å². The van der Waals surface area contributed by atoms with Crippen LogP contribution in [0.3, 0.4) is 0 Å². The number of benzene rings is 3. The van der Waals surface area contributed by atoms with Crippen molar-refractivity contribution in [2.45, 2.75) is 34.5 Å². The second-order valence-electron chi connectivity index (χ2n) is 7.03. The molecular formula is C24H23N3O2S2. The standard InChI is InChI=1S/C24H23N3O2S2/c1-2-27-22(18-31(28,29)21-16-10-5-11-17-21)25-26-24(27)30-23(19-12-6-3-7-13-19)20-14-8-4-9-15-20/h3-17,23H,2,18H2,1H3.